The summed E-state index contributed by atoms with van der Waals surface area (Å²) in [6.45, 7) is 2.22. The predicted octanol–water partition coefficient (Wildman–Crippen LogP) is 1.45. The van der Waals surface area contributed by atoms with Crippen LogP contribution in [0.5, 0.6) is 0 Å². The minimum atomic E-state index is -0.489. The first-order chi connectivity index (χ1) is 10.4. The van der Waals surface area contributed by atoms with Gasteiger partial charge in [-0.3, -0.25) is 18.7 Å². The zero-order valence-corrected chi connectivity index (χ0v) is 14.7. The van der Waals surface area contributed by atoms with Crippen molar-refractivity contribution in [2.45, 2.75) is 13.5 Å². The van der Waals surface area contributed by atoms with Crippen molar-refractivity contribution >= 4 is 34.2 Å². The molecular formula is C15H16IN3O3. The Hall–Kier alpha value is -1.90. The van der Waals surface area contributed by atoms with E-state index in [4.69, 9.17) is 0 Å². The molecule has 0 atom stereocenters. The van der Waals surface area contributed by atoms with E-state index in [0.717, 1.165) is 8.14 Å². The van der Waals surface area contributed by atoms with E-state index in [-0.39, 0.29) is 11.6 Å². The lowest BCUT2D eigenvalue weighted by atomic mass is 10.2. The van der Waals surface area contributed by atoms with Gasteiger partial charge < -0.3 is 4.90 Å². The van der Waals surface area contributed by atoms with Crippen LogP contribution in [0.4, 0.5) is 5.69 Å². The molecule has 0 fully saturated rings. The van der Waals surface area contributed by atoms with E-state index in [1.807, 2.05) is 12.1 Å². The number of aryl methyl sites for hydroxylation is 1. The van der Waals surface area contributed by atoms with Crippen LogP contribution in [-0.2, 0) is 13.6 Å². The lowest BCUT2D eigenvalue weighted by Crippen LogP contribution is -2.42. The van der Waals surface area contributed by atoms with Crippen LogP contribution in [-0.4, -0.2) is 22.1 Å². The average molecular weight is 413 g/mol. The van der Waals surface area contributed by atoms with Crippen LogP contribution in [0.25, 0.3) is 0 Å². The summed E-state index contributed by atoms with van der Waals surface area (Å²) < 4.78 is 3.22. The molecule has 0 unspecified atom stereocenters. The zero-order valence-electron chi connectivity index (χ0n) is 12.5. The van der Waals surface area contributed by atoms with E-state index in [1.165, 1.54) is 29.8 Å². The van der Waals surface area contributed by atoms with Gasteiger partial charge >= 0.3 is 5.69 Å². The molecule has 0 saturated carbocycles. The smallest absolute Gasteiger partial charge is 0.305 e. The maximum atomic E-state index is 12.6. The molecule has 1 heterocycles. The van der Waals surface area contributed by atoms with Crippen molar-refractivity contribution in [2.24, 2.45) is 7.05 Å². The van der Waals surface area contributed by atoms with Crippen molar-refractivity contribution in [3.8, 4) is 0 Å². The normalized spacial score (nSPS) is 10.5. The SMILES string of the molecule is CCn1cc(N(C)C(=O)c2ccccc2I)c(=O)n(C)c1=O. The average Bonchev–Trinajstić information content (AvgIpc) is 2.52. The second-order valence-corrected chi connectivity index (χ2v) is 5.95. The highest BCUT2D eigenvalue weighted by Crippen LogP contribution is 2.16. The predicted molar refractivity (Wildman–Crippen MR) is 93.5 cm³/mol. The van der Waals surface area contributed by atoms with Crippen LogP contribution in [0.15, 0.2) is 40.1 Å². The molecule has 6 nitrogen and oxygen atoms in total. The van der Waals surface area contributed by atoms with Crippen molar-refractivity contribution in [1.82, 2.24) is 9.13 Å². The number of hydrogen-bond donors (Lipinski definition) is 0. The minimum Gasteiger partial charge on any atom is -0.305 e. The van der Waals surface area contributed by atoms with Crippen LogP contribution in [0.2, 0.25) is 0 Å². The maximum absolute atomic E-state index is 12.6. The number of aromatic nitrogens is 2. The van der Waals surface area contributed by atoms with E-state index < -0.39 is 11.2 Å². The summed E-state index contributed by atoms with van der Waals surface area (Å²) in [5.74, 6) is -0.289. The van der Waals surface area contributed by atoms with Gasteiger partial charge in [0.2, 0.25) is 0 Å². The number of hydrogen-bond acceptors (Lipinski definition) is 3. The minimum absolute atomic E-state index is 0.175. The van der Waals surface area contributed by atoms with Gasteiger partial charge in [0.25, 0.3) is 11.5 Å². The molecule has 1 amide bonds. The number of carbonyl (C=O) groups excluding carboxylic acids is 1. The third-order valence-corrected chi connectivity index (χ3v) is 4.39. The van der Waals surface area contributed by atoms with E-state index in [9.17, 15) is 14.4 Å². The Labute approximate surface area is 141 Å². The number of halogens is 1. The molecule has 116 valence electrons. The summed E-state index contributed by atoms with van der Waals surface area (Å²) in [5.41, 5.74) is -0.196. The van der Waals surface area contributed by atoms with Crippen LogP contribution in [0.3, 0.4) is 0 Å². The summed E-state index contributed by atoms with van der Waals surface area (Å²) in [5, 5.41) is 0. The Bertz CT molecular complexity index is 839. The van der Waals surface area contributed by atoms with E-state index in [0.29, 0.717) is 12.1 Å². The van der Waals surface area contributed by atoms with E-state index in [2.05, 4.69) is 22.6 Å². The number of nitrogens with zero attached hydrogens (tertiary/aromatic N) is 3. The molecule has 0 radical (unpaired) electrons. The Balaban J connectivity index is 2.55. The lowest BCUT2D eigenvalue weighted by Gasteiger charge is -2.19. The Morgan fingerprint density at radius 2 is 1.91 bits per heavy atom. The topological polar surface area (TPSA) is 64.3 Å². The number of anilines is 1. The first-order valence-electron chi connectivity index (χ1n) is 6.71. The Morgan fingerprint density at radius 3 is 2.50 bits per heavy atom. The highest BCUT2D eigenvalue weighted by molar-refractivity contribution is 14.1. The van der Waals surface area contributed by atoms with Gasteiger partial charge in [0, 0.05) is 30.4 Å². The number of rotatable bonds is 3. The van der Waals surface area contributed by atoms with Crippen molar-refractivity contribution in [3.05, 3.63) is 60.4 Å². The van der Waals surface area contributed by atoms with Crippen molar-refractivity contribution in [3.63, 3.8) is 0 Å². The maximum Gasteiger partial charge on any atom is 0.330 e. The second kappa shape index (κ2) is 6.47. The van der Waals surface area contributed by atoms with Crippen LogP contribution < -0.4 is 16.1 Å². The largest absolute Gasteiger partial charge is 0.330 e. The molecule has 2 rings (SSSR count). The van der Waals surface area contributed by atoms with Gasteiger partial charge in [-0.05, 0) is 41.6 Å². The molecular weight excluding hydrogens is 397 g/mol. The molecule has 1 aromatic carbocycles. The molecule has 0 saturated heterocycles. The summed E-state index contributed by atoms with van der Waals surface area (Å²) in [6.07, 6.45) is 1.43. The standard InChI is InChI=1S/C15H16IN3O3/c1-4-19-9-12(14(21)18(3)15(19)22)17(2)13(20)10-7-5-6-8-11(10)16/h5-9H,4H2,1-3H3. The van der Waals surface area contributed by atoms with Crippen LogP contribution in [0.1, 0.15) is 17.3 Å². The molecule has 1 aromatic heterocycles. The fourth-order valence-corrected chi connectivity index (χ4v) is 2.71. The van der Waals surface area contributed by atoms with Gasteiger partial charge in [0.05, 0.1) is 5.56 Å². The summed E-state index contributed by atoms with van der Waals surface area (Å²) in [7, 11) is 2.94. The third-order valence-electron chi connectivity index (χ3n) is 3.45. The van der Waals surface area contributed by atoms with Gasteiger partial charge in [-0.1, -0.05) is 12.1 Å². The van der Waals surface area contributed by atoms with Crippen molar-refractivity contribution in [2.75, 3.05) is 11.9 Å². The van der Waals surface area contributed by atoms with Gasteiger partial charge in [0.1, 0.15) is 5.69 Å². The van der Waals surface area contributed by atoms with Gasteiger partial charge in [-0.2, -0.15) is 0 Å². The summed E-state index contributed by atoms with van der Waals surface area (Å²) in [4.78, 5) is 38.1. The number of benzene rings is 1. The first-order valence-corrected chi connectivity index (χ1v) is 7.79. The monoisotopic (exact) mass is 413 g/mol. The molecule has 0 aliphatic heterocycles. The van der Waals surface area contributed by atoms with Gasteiger partial charge in [0.15, 0.2) is 0 Å². The quantitative estimate of drug-likeness (QED) is 0.716. The number of amides is 1. The van der Waals surface area contributed by atoms with Gasteiger partial charge in [-0.15, -0.1) is 0 Å². The first kappa shape index (κ1) is 16.5. The fraction of sp³-hybridized carbons (Fsp3) is 0.267. The van der Waals surface area contributed by atoms with E-state index in [1.54, 1.807) is 19.1 Å². The van der Waals surface area contributed by atoms with Crippen LogP contribution in [0, 0.1) is 3.57 Å². The third kappa shape index (κ3) is 2.85. The molecule has 0 aliphatic carbocycles. The van der Waals surface area contributed by atoms with Crippen LogP contribution >= 0.6 is 22.6 Å². The van der Waals surface area contributed by atoms with Gasteiger partial charge in [-0.25, -0.2) is 4.79 Å². The Morgan fingerprint density at radius 1 is 1.27 bits per heavy atom. The highest BCUT2D eigenvalue weighted by Gasteiger charge is 2.20. The Kier molecular flexibility index (Phi) is 4.84. The molecule has 22 heavy (non-hydrogen) atoms. The van der Waals surface area contributed by atoms with E-state index >= 15 is 0 Å². The fourth-order valence-electron chi connectivity index (χ4n) is 2.09. The second-order valence-electron chi connectivity index (χ2n) is 4.79. The lowest BCUT2D eigenvalue weighted by molar-refractivity contribution is 0.0991. The van der Waals surface area contributed by atoms with Crippen molar-refractivity contribution in [1.29, 1.82) is 0 Å². The molecule has 7 heteroatoms. The molecule has 0 N–H and O–H groups in total. The molecule has 2 aromatic rings. The summed E-state index contributed by atoms with van der Waals surface area (Å²) in [6, 6.07) is 7.15. The molecule has 0 aliphatic rings. The summed E-state index contributed by atoms with van der Waals surface area (Å²) >= 11 is 2.08. The van der Waals surface area contributed by atoms with Crippen molar-refractivity contribution < 1.29 is 4.79 Å². The highest BCUT2D eigenvalue weighted by atomic mass is 127. The zero-order chi connectivity index (χ0) is 16.4. The number of carbonyl (C=O) groups is 1. The molecule has 0 bridgehead atoms. The molecule has 0 spiro atoms.